The average Bonchev–Trinajstić information content (AvgIpc) is 2.61. The maximum absolute atomic E-state index is 4.22. The average molecular weight is 179 g/mol. The zero-order valence-corrected chi connectivity index (χ0v) is 8.14. The Bertz CT molecular complexity index is 267. The SMILES string of the molecule is CCCNC1CCc2n[nH]cc2C1. The largest absolute Gasteiger partial charge is 0.314 e. The molecule has 0 radical (unpaired) electrons. The van der Waals surface area contributed by atoms with E-state index in [0.717, 1.165) is 19.4 Å². The maximum atomic E-state index is 4.22. The maximum Gasteiger partial charge on any atom is 0.0655 e. The van der Waals surface area contributed by atoms with Gasteiger partial charge in [-0.3, -0.25) is 5.10 Å². The van der Waals surface area contributed by atoms with E-state index in [9.17, 15) is 0 Å². The van der Waals surface area contributed by atoms with Crippen molar-refractivity contribution in [2.45, 2.75) is 38.6 Å². The van der Waals surface area contributed by atoms with Crippen LogP contribution in [0, 0.1) is 0 Å². The number of rotatable bonds is 3. The molecule has 2 N–H and O–H groups in total. The molecule has 1 unspecified atom stereocenters. The second kappa shape index (κ2) is 3.92. The molecule has 3 nitrogen and oxygen atoms in total. The van der Waals surface area contributed by atoms with E-state index in [-0.39, 0.29) is 0 Å². The fourth-order valence-corrected chi connectivity index (χ4v) is 1.94. The number of fused-ring (bicyclic) bond motifs is 1. The molecule has 0 fully saturated rings. The van der Waals surface area contributed by atoms with Crippen molar-refractivity contribution in [1.29, 1.82) is 0 Å². The summed E-state index contributed by atoms with van der Waals surface area (Å²) in [5.74, 6) is 0. The Hall–Kier alpha value is -0.830. The number of aryl methyl sites for hydroxylation is 1. The smallest absolute Gasteiger partial charge is 0.0655 e. The van der Waals surface area contributed by atoms with Gasteiger partial charge in [-0.05, 0) is 37.8 Å². The van der Waals surface area contributed by atoms with Crippen molar-refractivity contribution in [3.8, 4) is 0 Å². The monoisotopic (exact) mass is 179 g/mol. The summed E-state index contributed by atoms with van der Waals surface area (Å²) >= 11 is 0. The van der Waals surface area contributed by atoms with Crippen LogP contribution in [0.1, 0.15) is 31.0 Å². The van der Waals surface area contributed by atoms with Crippen molar-refractivity contribution >= 4 is 0 Å². The summed E-state index contributed by atoms with van der Waals surface area (Å²) in [6.07, 6.45) is 6.76. The molecule has 0 spiro atoms. The molecule has 0 bridgehead atoms. The van der Waals surface area contributed by atoms with Crippen LogP contribution in [0.3, 0.4) is 0 Å². The highest BCUT2D eigenvalue weighted by Crippen LogP contribution is 2.18. The molecule has 3 heteroatoms. The topological polar surface area (TPSA) is 40.7 Å². The van der Waals surface area contributed by atoms with Gasteiger partial charge in [0.05, 0.1) is 5.69 Å². The summed E-state index contributed by atoms with van der Waals surface area (Å²) in [6, 6.07) is 0.671. The van der Waals surface area contributed by atoms with E-state index in [4.69, 9.17) is 0 Å². The van der Waals surface area contributed by atoms with Gasteiger partial charge in [-0.15, -0.1) is 0 Å². The Morgan fingerprint density at radius 1 is 1.69 bits per heavy atom. The van der Waals surface area contributed by atoms with Crippen LogP contribution in [-0.4, -0.2) is 22.8 Å². The Morgan fingerprint density at radius 3 is 3.46 bits per heavy atom. The fraction of sp³-hybridized carbons (Fsp3) is 0.700. The highest BCUT2D eigenvalue weighted by molar-refractivity contribution is 5.20. The van der Waals surface area contributed by atoms with Crippen molar-refractivity contribution in [2.24, 2.45) is 0 Å². The van der Waals surface area contributed by atoms with Crippen molar-refractivity contribution < 1.29 is 0 Å². The van der Waals surface area contributed by atoms with Gasteiger partial charge >= 0.3 is 0 Å². The Kier molecular flexibility index (Phi) is 2.64. The van der Waals surface area contributed by atoms with Crippen molar-refractivity contribution in [3.63, 3.8) is 0 Å². The van der Waals surface area contributed by atoms with Crippen LogP contribution in [0.4, 0.5) is 0 Å². The van der Waals surface area contributed by atoms with Crippen LogP contribution in [-0.2, 0) is 12.8 Å². The molecule has 0 aliphatic heterocycles. The molecule has 13 heavy (non-hydrogen) atoms. The molecule has 0 saturated carbocycles. The summed E-state index contributed by atoms with van der Waals surface area (Å²) < 4.78 is 0. The summed E-state index contributed by atoms with van der Waals surface area (Å²) in [5, 5.41) is 10.7. The van der Waals surface area contributed by atoms with Gasteiger partial charge in [0.2, 0.25) is 0 Å². The molecule has 1 aromatic heterocycles. The lowest BCUT2D eigenvalue weighted by Gasteiger charge is -2.22. The van der Waals surface area contributed by atoms with Gasteiger partial charge in [0, 0.05) is 12.2 Å². The first-order valence-corrected chi connectivity index (χ1v) is 5.15. The highest BCUT2D eigenvalue weighted by atomic mass is 15.1. The highest BCUT2D eigenvalue weighted by Gasteiger charge is 2.19. The van der Waals surface area contributed by atoms with Gasteiger partial charge in [-0.2, -0.15) is 5.10 Å². The van der Waals surface area contributed by atoms with Crippen LogP contribution in [0.5, 0.6) is 0 Å². The summed E-state index contributed by atoms with van der Waals surface area (Å²) in [7, 11) is 0. The lowest BCUT2D eigenvalue weighted by molar-refractivity contribution is 0.457. The number of nitrogens with one attached hydrogen (secondary N) is 2. The molecule has 0 saturated heterocycles. The van der Waals surface area contributed by atoms with Crippen LogP contribution in [0.2, 0.25) is 0 Å². The van der Waals surface area contributed by atoms with E-state index in [1.165, 1.54) is 24.1 Å². The number of nitrogens with zero attached hydrogens (tertiary/aromatic N) is 1. The van der Waals surface area contributed by atoms with E-state index >= 15 is 0 Å². The first kappa shape index (κ1) is 8.75. The molecule has 2 rings (SSSR count). The van der Waals surface area contributed by atoms with E-state index in [2.05, 4.69) is 22.4 Å². The Balaban J connectivity index is 1.93. The van der Waals surface area contributed by atoms with Gasteiger partial charge in [0.1, 0.15) is 0 Å². The molecule has 0 amide bonds. The first-order chi connectivity index (χ1) is 6.40. The number of aromatic amines is 1. The third kappa shape index (κ3) is 1.91. The van der Waals surface area contributed by atoms with E-state index in [1.807, 2.05) is 6.20 Å². The molecule has 1 atom stereocenters. The molecule has 72 valence electrons. The Labute approximate surface area is 78.9 Å². The van der Waals surface area contributed by atoms with Crippen LogP contribution in [0.25, 0.3) is 0 Å². The molecular weight excluding hydrogens is 162 g/mol. The molecular formula is C10H17N3. The predicted molar refractivity (Wildman–Crippen MR) is 52.7 cm³/mol. The molecule has 1 aliphatic rings. The number of hydrogen-bond donors (Lipinski definition) is 2. The minimum atomic E-state index is 0.671. The van der Waals surface area contributed by atoms with Crippen molar-refractivity contribution in [1.82, 2.24) is 15.5 Å². The molecule has 0 aromatic carbocycles. The summed E-state index contributed by atoms with van der Waals surface area (Å²) in [6.45, 7) is 3.34. The fourth-order valence-electron chi connectivity index (χ4n) is 1.94. The number of H-pyrrole nitrogens is 1. The minimum absolute atomic E-state index is 0.671. The van der Waals surface area contributed by atoms with Gasteiger partial charge in [0.25, 0.3) is 0 Å². The number of aromatic nitrogens is 2. The number of hydrogen-bond acceptors (Lipinski definition) is 2. The Morgan fingerprint density at radius 2 is 2.62 bits per heavy atom. The quantitative estimate of drug-likeness (QED) is 0.733. The summed E-state index contributed by atoms with van der Waals surface area (Å²) in [5.41, 5.74) is 2.68. The van der Waals surface area contributed by atoms with Gasteiger partial charge in [-0.1, -0.05) is 6.92 Å². The van der Waals surface area contributed by atoms with Gasteiger partial charge in [0.15, 0.2) is 0 Å². The van der Waals surface area contributed by atoms with Crippen LogP contribution >= 0.6 is 0 Å². The van der Waals surface area contributed by atoms with Gasteiger partial charge in [-0.25, -0.2) is 0 Å². The lowest BCUT2D eigenvalue weighted by Crippen LogP contribution is -2.34. The second-order valence-corrected chi connectivity index (χ2v) is 3.75. The predicted octanol–water partition coefficient (Wildman–Crippen LogP) is 1.27. The lowest BCUT2D eigenvalue weighted by atomic mass is 9.93. The second-order valence-electron chi connectivity index (χ2n) is 3.75. The third-order valence-corrected chi connectivity index (χ3v) is 2.69. The van der Waals surface area contributed by atoms with E-state index in [0.29, 0.717) is 6.04 Å². The third-order valence-electron chi connectivity index (χ3n) is 2.69. The molecule has 1 heterocycles. The van der Waals surface area contributed by atoms with Crippen LogP contribution < -0.4 is 5.32 Å². The zero-order valence-electron chi connectivity index (χ0n) is 8.14. The minimum Gasteiger partial charge on any atom is -0.314 e. The summed E-state index contributed by atoms with van der Waals surface area (Å²) in [4.78, 5) is 0. The molecule has 1 aliphatic carbocycles. The van der Waals surface area contributed by atoms with Crippen LogP contribution in [0.15, 0.2) is 6.20 Å². The van der Waals surface area contributed by atoms with E-state index < -0.39 is 0 Å². The van der Waals surface area contributed by atoms with Gasteiger partial charge < -0.3 is 5.32 Å². The van der Waals surface area contributed by atoms with Crippen molar-refractivity contribution in [2.75, 3.05) is 6.54 Å². The van der Waals surface area contributed by atoms with Crippen molar-refractivity contribution in [3.05, 3.63) is 17.5 Å². The zero-order chi connectivity index (χ0) is 9.10. The molecule has 1 aromatic rings. The standard InChI is InChI=1S/C10H17N3/c1-2-5-11-9-3-4-10-8(6-9)7-12-13-10/h7,9,11H,2-6H2,1H3,(H,12,13). The first-order valence-electron chi connectivity index (χ1n) is 5.15. The van der Waals surface area contributed by atoms with E-state index in [1.54, 1.807) is 0 Å². The normalized spacial score (nSPS) is 21.5.